The van der Waals surface area contributed by atoms with E-state index in [2.05, 4.69) is 179 Å². The number of hydrogen-bond donors (Lipinski definition) is 0. The molecule has 0 spiro atoms. The maximum absolute atomic E-state index is 2.56. The molecular formula is C48H28N2. The van der Waals surface area contributed by atoms with E-state index >= 15 is 0 Å². The van der Waals surface area contributed by atoms with Gasteiger partial charge in [-0.15, -0.1) is 0 Å². The van der Waals surface area contributed by atoms with E-state index in [-0.39, 0.29) is 0 Å². The Morgan fingerprint density at radius 1 is 0.280 bits per heavy atom. The molecule has 1 aliphatic carbocycles. The minimum atomic E-state index is 1.17. The van der Waals surface area contributed by atoms with E-state index < -0.39 is 0 Å². The molecule has 0 unspecified atom stereocenters. The van der Waals surface area contributed by atoms with Crippen molar-refractivity contribution in [2.24, 2.45) is 0 Å². The van der Waals surface area contributed by atoms with Crippen LogP contribution in [0.2, 0.25) is 0 Å². The molecule has 2 heterocycles. The smallest absolute Gasteiger partial charge is 0.0647 e. The Balaban J connectivity index is 1.32. The van der Waals surface area contributed by atoms with Crippen LogP contribution < -0.4 is 0 Å². The molecule has 0 saturated carbocycles. The Bertz CT molecular complexity index is 3260. The minimum Gasteiger partial charge on any atom is -0.309 e. The summed E-state index contributed by atoms with van der Waals surface area (Å²) in [5.41, 5.74) is 12.6. The molecule has 12 rings (SSSR count). The lowest BCUT2D eigenvalue weighted by Gasteiger charge is -2.14. The zero-order chi connectivity index (χ0) is 32.5. The van der Waals surface area contributed by atoms with Gasteiger partial charge in [-0.2, -0.15) is 0 Å². The highest BCUT2D eigenvalue weighted by atomic mass is 15.0. The van der Waals surface area contributed by atoms with Gasteiger partial charge in [0.15, 0.2) is 0 Å². The summed E-state index contributed by atoms with van der Waals surface area (Å²) < 4.78 is 5.06. The molecule has 2 heteroatoms. The molecule has 50 heavy (non-hydrogen) atoms. The molecule has 2 aromatic heterocycles. The second-order valence-electron chi connectivity index (χ2n) is 13.7. The largest absolute Gasteiger partial charge is 0.309 e. The summed E-state index contributed by atoms with van der Waals surface area (Å²) >= 11 is 0. The molecule has 0 atom stereocenters. The Morgan fingerprint density at radius 2 is 0.840 bits per heavy atom. The molecule has 0 saturated heterocycles. The maximum atomic E-state index is 2.56. The predicted octanol–water partition coefficient (Wildman–Crippen LogP) is 13.0. The average molecular weight is 633 g/mol. The second-order valence-corrected chi connectivity index (χ2v) is 13.7. The van der Waals surface area contributed by atoms with Crippen LogP contribution in [0.5, 0.6) is 0 Å². The number of benzene rings is 9. The molecule has 0 radical (unpaired) electrons. The SMILES string of the molecule is c1ccc2c(c1)-c1cccc3cc(-n4c5ccccc5c5c6ccccc6c6c(c7ccccc7n6-c6ccc7ccccc7c6)c54)cc-2c13. The Morgan fingerprint density at radius 3 is 1.64 bits per heavy atom. The fraction of sp³-hybridized carbons (Fsp3) is 0. The van der Waals surface area contributed by atoms with E-state index in [1.54, 1.807) is 0 Å². The first kappa shape index (κ1) is 26.3. The van der Waals surface area contributed by atoms with Gasteiger partial charge in [-0.05, 0) is 85.6 Å². The van der Waals surface area contributed by atoms with Crippen LogP contribution in [-0.2, 0) is 0 Å². The predicted molar refractivity (Wildman–Crippen MR) is 212 cm³/mol. The van der Waals surface area contributed by atoms with Crippen LogP contribution in [0.3, 0.4) is 0 Å². The molecule has 230 valence electrons. The minimum absolute atomic E-state index is 1.17. The van der Waals surface area contributed by atoms with E-state index in [0.29, 0.717) is 0 Å². The molecule has 0 amide bonds. The topological polar surface area (TPSA) is 9.86 Å². The van der Waals surface area contributed by atoms with E-state index in [9.17, 15) is 0 Å². The average Bonchev–Trinajstić information content (AvgIpc) is 3.82. The zero-order valence-corrected chi connectivity index (χ0v) is 27.1. The Labute approximate surface area is 287 Å². The number of fused-ring (bicyclic) bond motifs is 14. The van der Waals surface area contributed by atoms with Gasteiger partial charge in [0.2, 0.25) is 0 Å². The fourth-order valence-electron chi connectivity index (χ4n) is 9.17. The normalized spacial score (nSPS) is 12.4. The van der Waals surface area contributed by atoms with Gasteiger partial charge in [-0.25, -0.2) is 0 Å². The van der Waals surface area contributed by atoms with Gasteiger partial charge < -0.3 is 9.13 Å². The number of hydrogen-bond acceptors (Lipinski definition) is 0. The van der Waals surface area contributed by atoms with Crippen LogP contribution >= 0.6 is 0 Å². The summed E-state index contributed by atoms with van der Waals surface area (Å²) in [5, 5.41) is 12.8. The van der Waals surface area contributed by atoms with Gasteiger partial charge in [0.05, 0.1) is 22.1 Å². The molecular weight excluding hydrogens is 605 g/mol. The molecule has 11 aromatic rings. The number of aromatic nitrogens is 2. The van der Waals surface area contributed by atoms with Crippen LogP contribution in [0.1, 0.15) is 0 Å². The van der Waals surface area contributed by atoms with Gasteiger partial charge in [0, 0.05) is 38.3 Å². The van der Waals surface area contributed by atoms with Crippen molar-refractivity contribution in [3.8, 4) is 33.6 Å². The van der Waals surface area contributed by atoms with Crippen molar-refractivity contribution in [2.45, 2.75) is 0 Å². The van der Waals surface area contributed by atoms with Crippen molar-refractivity contribution in [2.75, 3.05) is 0 Å². The van der Waals surface area contributed by atoms with Gasteiger partial charge in [-0.3, -0.25) is 0 Å². The van der Waals surface area contributed by atoms with E-state index in [1.807, 2.05) is 0 Å². The molecule has 0 fully saturated rings. The number of nitrogens with zero attached hydrogens (tertiary/aromatic N) is 2. The summed E-state index contributed by atoms with van der Waals surface area (Å²) in [6.45, 7) is 0. The van der Waals surface area contributed by atoms with Crippen molar-refractivity contribution >= 4 is 75.9 Å². The molecule has 0 bridgehead atoms. The van der Waals surface area contributed by atoms with Crippen LogP contribution in [0, 0.1) is 0 Å². The third kappa shape index (κ3) is 3.28. The summed E-state index contributed by atoms with van der Waals surface area (Å²) in [6.07, 6.45) is 0. The zero-order valence-electron chi connectivity index (χ0n) is 27.1. The summed E-state index contributed by atoms with van der Waals surface area (Å²) in [7, 11) is 0. The maximum Gasteiger partial charge on any atom is 0.0647 e. The summed E-state index contributed by atoms with van der Waals surface area (Å²) in [4.78, 5) is 0. The molecule has 0 aliphatic heterocycles. The van der Waals surface area contributed by atoms with Crippen molar-refractivity contribution in [1.29, 1.82) is 0 Å². The number of rotatable bonds is 2. The highest BCUT2D eigenvalue weighted by Crippen LogP contribution is 2.50. The van der Waals surface area contributed by atoms with Crippen molar-refractivity contribution in [1.82, 2.24) is 9.13 Å². The third-order valence-corrected chi connectivity index (χ3v) is 11.2. The first-order valence-corrected chi connectivity index (χ1v) is 17.4. The van der Waals surface area contributed by atoms with Crippen LogP contribution in [-0.4, -0.2) is 9.13 Å². The lowest BCUT2D eigenvalue weighted by atomic mass is 9.99. The van der Waals surface area contributed by atoms with Crippen molar-refractivity contribution in [3.05, 3.63) is 170 Å². The van der Waals surface area contributed by atoms with Gasteiger partial charge >= 0.3 is 0 Å². The highest BCUT2D eigenvalue weighted by molar-refractivity contribution is 6.37. The third-order valence-electron chi connectivity index (χ3n) is 11.2. The van der Waals surface area contributed by atoms with E-state index in [4.69, 9.17) is 0 Å². The molecule has 2 nitrogen and oxygen atoms in total. The molecule has 9 aromatic carbocycles. The quantitative estimate of drug-likeness (QED) is 0.179. The monoisotopic (exact) mass is 632 g/mol. The Kier molecular flexibility index (Phi) is 5.00. The van der Waals surface area contributed by atoms with Gasteiger partial charge in [-0.1, -0.05) is 133 Å². The van der Waals surface area contributed by atoms with E-state index in [0.717, 1.165) is 0 Å². The second kappa shape index (κ2) is 9.49. The van der Waals surface area contributed by atoms with Crippen molar-refractivity contribution < 1.29 is 0 Å². The highest BCUT2D eigenvalue weighted by Gasteiger charge is 2.26. The number of para-hydroxylation sites is 2. The summed E-state index contributed by atoms with van der Waals surface area (Å²) in [5.74, 6) is 0. The fourth-order valence-corrected chi connectivity index (χ4v) is 9.17. The van der Waals surface area contributed by atoms with Crippen molar-refractivity contribution in [3.63, 3.8) is 0 Å². The lowest BCUT2D eigenvalue weighted by Crippen LogP contribution is -1.97. The first-order valence-electron chi connectivity index (χ1n) is 17.4. The van der Waals surface area contributed by atoms with Crippen LogP contribution in [0.15, 0.2) is 170 Å². The Hall–Kier alpha value is -6.64. The van der Waals surface area contributed by atoms with E-state index in [1.165, 1.54) is 110 Å². The molecule has 1 aliphatic rings. The summed E-state index contributed by atoms with van der Waals surface area (Å²) in [6, 6.07) is 63.0. The first-order chi connectivity index (χ1) is 24.8. The van der Waals surface area contributed by atoms with Gasteiger partial charge in [0.25, 0.3) is 0 Å². The molecule has 0 N–H and O–H groups in total. The van der Waals surface area contributed by atoms with Crippen LogP contribution in [0.4, 0.5) is 0 Å². The van der Waals surface area contributed by atoms with Gasteiger partial charge in [0.1, 0.15) is 0 Å². The standard InChI is InChI=1S/C48H28N2/c1-2-13-30-26-32(25-24-29(30)12-1)49-43-23-10-8-20-40(43)46-47(49)38-18-6-5-17-37(38)45-39-19-7-9-22-42(39)50(48(45)46)33-27-31-14-11-21-36-34-15-3-4-16-35(34)41(28-33)44(31)36/h1-28H. The lowest BCUT2D eigenvalue weighted by molar-refractivity contribution is 1.18. The van der Waals surface area contributed by atoms with Crippen LogP contribution in [0.25, 0.3) is 110 Å².